The van der Waals surface area contributed by atoms with Gasteiger partial charge in [-0.3, -0.25) is 0 Å². The average molecular weight is 527 g/mol. The lowest BCUT2D eigenvalue weighted by molar-refractivity contribution is 0.388. The zero-order valence-corrected chi connectivity index (χ0v) is 22.1. The maximum atomic E-state index is 5.62. The molecule has 2 aromatic carbocycles. The summed E-state index contributed by atoms with van der Waals surface area (Å²) in [6.07, 6.45) is 4.32. The highest BCUT2D eigenvalue weighted by Crippen LogP contribution is 2.29. The van der Waals surface area contributed by atoms with Gasteiger partial charge < -0.3 is 20.9 Å². The van der Waals surface area contributed by atoms with Crippen molar-refractivity contribution in [1.82, 2.24) is 10.3 Å². The summed E-state index contributed by atoms with van der Waals surface area (Å²) in [4.78, 5) is 7.01. The molecule has 7 heteroatoms. The Morgan fingerprint density at radius 3 is 2.30 bits per heavy atom. The second kappa shape index (κ2) is 10.3. The van der Waals surface area contributed by atoms with Crippen LogP contribution >= 0.6 is 28.1 Å². The number of anilines is 3. The van der Waals surface area contributed by atoms with Gasteiger partial charge in [0.2, 0.25) is 0 Å². The summed E-state index contributed by atoms with van der Waals surface area (Å²) in [5, 5.41) is 12.5. The molecular formula is C26H32BrN5S. The van der Waals surface area contributed by atoms with Crippen molar-refractivity contribution >= 4 is 61.4 Å². The van der Waals surface area contributed by atoms with Crippen LogP contribution in [-0.2, 0) is 0 Å². The molecule has 1 aromatic heterocycles. The number of halogens is 1. The molecule has 33 heavy (non-hydrogen) atoms. The fourth-order valence-electron chi connectivity index (χ4n) is 4.64. The monoisotopic (exact) mass is 525 g/mol. The standard InChI is InChI=1S/C26H32BrN5S/c1-16-13-18(27)14-17(2)25(16)31-26(33)29-20-11-9-19(10-12-20)28-24-15-23(32(3)4)21-7-5-6-8-22(21)30-24/h5-8,13-15,19-20H,9-12H2,1-4H3,(H,28,30)(H2,29,31,33)/t19-,20+. The second-order valence-electron chi connectivity index (χ2n) is 9.14. The first-order valence-electron chi connectivity index (χ1n) is 11.5. The minimum Gasteiger partial charge on any atom is -0.377 e. The van der Waals surface area contributed by atoms with Gasteiger partial charge in [0.25, 0.3) is 0 Å². The molecule has 0 amide bonds. The van der Waals surface area contributed by atoms with Crippen molar-refractivity contribution in [2.75, 3.05) is 29.6 Å². The van der Waals surface area contributed by atoms with Gasteiger partial charge >= 0.3 is 0 Å². The number of aromatic nitrogens is 1. The maximum absolute atomic E-state index is 5.62. The van der Waals surface area contributed by atoms with Crippen molar-refractivity contribution in [2.45, 2.75) is 51.6 Å². The van der Waals surface area contributed by atoms with Crippen LogP contribution in [0.1, 0.15) is 36.8 Å². The van der Waals surface area contributed by atoms with Gasteiger partial charge in [-0.15, -0.1) is 0 Å². The number of thiocarbonyl (C=S) groups is 1. The zero-order valence-electron chi connectivity index (χ0n) is 19.7. The highest BCUT2D eigenvalue weighted by molar-refractivity contribution is 9.10. The molecule has 0 saturated heterocycles. The van der Waals surface area contributed by atoms with Crippen molar-refractivity contribution in [2.24, 2.45) is 0 Å². The van der Waals surface area contributed by atoms with Gasteiger partial charge in [-0.25, -0.2) is 4.98 Å². The highest BCUT2D eigenvalue weighted by Gasteiger charge is 2.22. The number of pyridine rings is 1. The first-order chi connectivity index (χ1) is 15.8. The van der Waals surface area contributed by atoms with Crippen LogP contribution < -0.4 is 20.9 Å². The van der Waals surface area contributed by atoms with E-state index < -0.39 is 0 Å². The molecule has 1 fully saturated rings. The summed E-state index contributed by atoms with van der Waals surface area (Å²) < 4.78 is 1.09. The van der Waals surface area contributed by atoms with Crippen molar-refractivity contribution in [3.8, 4) is 0 Å². The van der Waals surface area contributed by atoms with Crippen LogP contribution in [0, 0.1) is 13.8 Å². The van der Waals surface area contributed by atoms with Gasteiger partial charge in [-0.2, -0.15) is 0 Å². The molecule has 1 aliphatic carbocycles. The van der Waals surface area contributed by atoms with Crippen LogP contribution in [0.25, 0.3) is 10.9 Å². The predicted molar refractivity (Wildman–Crippen MR) is 149 cm³/mol. The molecule has 0 atom stereocenters. The molecule has 3 aromatic rings. The van der Waals surface area contributed by atoms with Crippen LogP contribution in [0.3, 0.4) is 0 Å². The van der Waals surface area contributed by atoms with Crippen molar-refractivity contribution in [3.63, 3.8) is 0 Å². The zero-order chi connectivity index (χ0) is 23.5. The van der Waals surface area contributed by atoms with E-state index in [1.165, 1.54) is 22.2 Å². The number of nitrogens with zero attached hydrogens (tertiary/aromatic N) is 2. The van der Waals surface area contributed by atoms with E-state index in [1.807, 2.05) is 6.07 Å². The third kappa shape index (κ3) is 5.76. The highest BCUT2D eigenvalue weighted by atomic mass is 79.9. The lowest BCUT2D eigenvalue weighted by atomic mass is 9.91. The molecule has 1 aliphatic rings. The minimum absolute atomic E-state index is 0.390. The minimum atomic E-state index is 0.390. The predicted octanol–water partition coefficient (Wildman–Crippen LogP) is 6.39. The Balaban J connectivity index is 1.34. The van der Waals surface area contributed by atoms with Crippen LogP contribution in [0.2, 0.25) is 0 Å². The van der Waals surface area contributed by atoms with Crippen LogP contribution in [0.4, 0.5) is 17.2 Å². The molecule has 5 nitrogen and oxygen atoms in total. The fraction of sp³-hybridized carbons (Fsp3) is 0.385. The Bertz CT molecular complexity index is 1130. The van der Waals surface area contributed by atoms with E-state index in [-0.39, 0.29) is 0 Å². The number of nitrogens with one attached hydrogen (secondary N) is 3. The first-order valence-corrected chi connectivity index (χ1v) is 12.7. The molecule has 0 bridgehead atoms. The van der Waals surface area contributed by atoms with Gasteiger partial charge in [0, 0.05) is 53.5 Å². The van der Waals surface area contributed by atoms with E-state index in [9.17, 15) is 0 Å². The van der Waals surface area contributed by atoms with E-state index >= 15 is 0 Å². The van der Waals surface area contributed by atoms with Crippen LogP contribution in [0.5, 0.6) is 0 Å². The average Bonchev–Trinajstić information content (AvgIpc) is 2.77. The number of para-hydroxylation sites is 1. The maximum Gasteiger partial charge on any atom is 0.171 e. The quantitative estimate of drug-likeness (QED) is 0.335. The summed E-state index contributed by atoms with van der Waals surface area (Å²) in [5.41, 5.74) is 5.66. The topological polar surface area (TPSA) is 52.2 Å². The number of benzene rings is 2. The molecule has 174 valence electrons. The Morgan fingerprint density at radius 2 is 1.64 bits per heavy atom. The van der Waals surface area contributed by atoms with E-state index in [0.29, 0.717) is 17.2 Å². The van der Waals surface area contributed by atoms with Gasteiger partial charge in [-0.1, -0.05) is 34.1 Å². The second-order valence-corrected chi connectivity index (χ2v) is 10.5. The molecule has 1 heterocycles. The van der Waals surface area contributed by atoms with E-state index in [0.717, 1.165) is 47.2 Å². The molecule has 0 aliphatic heterocycles. The molecule has 0 unspecified atom stereocenters. The Labute approximate surface area is 210 Å². The molecule has 3 N–H and O–H groups in total. The number of hydrogen-bond donors (Lipinski definition) is 3. The number of fused-ring (bicyclic) bond motifs is 1. The summed E-state index contributed by atoms with van der Waals surface area (Å²) in [6, 6.07) is 15.5. The first kappa shape index (κ1) is 23.8. The molecule has 0 spiro atoms. The normalized spacial score (nSPS) is 18.1. The Kier molecular flexibility index (Phi) is 7.39. The number of rotatable bonds is 5. The summed E-state index contributed by atoms with van der Waals surface area (Å²) >= 11 is 9.18. The molecule has 4 rings (SSSR count). The third-order valence-electron chi connectivity index (χ3n) is 6.33. The summed E-state index contributed by atoms with van der Waals surface area (Å²) in [7, 11) is 4.16. The van der Waals surface area contributed by atoms with Gasteiger partial charge in [0.05, 0.1) is 5.52 Å². The smallest absolute Gasteiger partial charge is 0.171 e. The van der Waals surface area contributed by atoms with Crippen LogP contribution in [0.15, 0.2) is 46.9 Å². The lowest BCUT2D eigenvalue weighted by Crippen LogP contribution is -2.42. The Morgan fingerprint density at radius 1 is 1.00 bits per heavy atom. The van der Waals surface area contributed by atoms with Crippen molar-refractivity contribution in [1.29, 1.82) is 0 Å². The van der Waals surface area contributed by atoms with E-state index in [4.69, 9.17) is 17.2 Å². The van der Waals surface area contributed by atoms with Gasteiger partial charge in [0.15, 0.2) is 5.11 Å². The number of hydrogen-bond acceptors (Lipinski definition) is 4. The van der Waals surface area contributed by atoms with E-state index in [1.54, 1.807) is 0 Å². The van der Waals surface area contributed by atoms with Gasteiger partial charge in [-0.05, 0) is 81.1 Å². The van der Waals surface area contributed by atoms with Crippen LogP contribution in [-0.4, -0.2) is 36.3 Å². The van der Waals surface area contributed by atoms with Gasteiger partial charge in [0.1, 0.15) is 5.82 Å². The SMILES string of the molecule is Cc1cc(Br)cc(C)c1NC(=S)N[C@H]1CC[C@@H](Nc2cc(N(C)C)c3ccccc3n2)CC1. The van der Waals surface area contributed by atoms with Crippen molar-refractivity contribution < 1.29 is 0 Å². The fourth-order valence-corrected chi connectivity index (χ4v) is 5.59. The lowest BCUT2D eigenvalue weighted by Gasteiger charge is -2.31. The molecular weight excluding hydrogens is 494 g/mol. The largest absolute Gasteiger partial charge is 0.377 e. The van der Waals surface area contributed by atoms with E-state index in [2.05, 4.69) is 101 Å². The summed E-state index contributed by atoms with van der Waals surface area (Å²) in [5.74, 6) is 0.951. The molecule has 0 radical (unpaired) electrons. The Hall–Kier alpha value is -2.38. The van der Waals surface area contributed by atoms with Crippen molar-refractivity contribution in [3.05, 3.63) is 58.1 Å². The summed E-state index contributed by atoms with van der Waals surface area (Å²) in [6.45, 7) is 4.20. The number of aryl methyl sites for hydroxylation is 2. The molecule has 1 saturated carbocycles. The third-order valence-corrected chi connectivity index (χ3v) is 7.00.